The van der Waals surface area contributed by atoms with Crippen LogP contribution in [0.1, 0.15) is 53.9 Å². The molecule has 2 rings (SSSR count). The molecule has 0 radical (unpaired) electrons. The Bertz CT molecular complexity index is 289. The van der Waals surface area contributed by atoms with Gasteiger partial charge in [0.1, 0.15) is 0 Å². The second-order valence-corrected chi connectivity index (χ2v) is 7.59. The van der Waals surface area contributed by atoms with Crippen molar-refractivity contribution < 1.29 is 4.74 Å². The van der Waals surface area contributed by atoms with Gasteiger partial charge in [-0.2, -0.15) is 0 Å². The fourth-order valence-corrected chi connectivity index (χ4v) is 5.04. The molecule has 0 aromatic heterocycles. The maximum atomic E-state index is 6.68. The highest BCUT2D eigenvalue weighted by Crippen LogP contribution is 2.57. The van der Waals surface area contributed by atoms with Crippen molar-refractivity contribution in [3.63, 3.8) is 0 Å². The molecule has 2 heteroatoms. The van der Waals surface area contributed by atoms with E-state index in [1.54, 1.807) is 0 Å². The van der Waals surface area contributed by atoms with E-state index in [-0.39, 0.29) is 5.60 Å². The molecule has 0 spiro atoms. The average Bonchev–Trinajstić information content (AvgIpc) is 2.53. The Hall–Kier alpha value is 0.0249. The zero-order valence-electron chi connectivity index (χ0n) is 13.2. The van der Waals surface area contributed by atoms with Gasteiger partial charge < -0.3 is 4.74 Å². The maximum absolute atomic E-state index is 6.68. The van der Waals surface area contributed by atoms with Crippen LogP contribution < -0.4 is 0 Å². The Balaban J connectivity index is 2.32. The van der Waals surface area contributed by atoms with Crippen LogP contribution in [-0.4, -0.2) is 18.9 Å². The number of hydrogen-bond acceptors (Lipinski definition) is 1. The van der Waals surface area contributed by atoms with Crippen molar-refractivity contribution in [2.24, 2.45) is 29.6 Å². The van der Waals surface area contributed by atoms with Crippen molar-refractivity contribution in [2.75, 3.05) is 0 Å². The number of ether oxygens (including phenoxy) is 1. The number of hydrogen-bond donors (Lipinski definition) is 0. The molecule has 18 heavy (non-hydrogen) atoms. The molecule has 1 saturated carbocycles. The summed E-state index contributed by atoms with van der Waals surface area (Å²) < 4.78 is 6.68. The Morgan fingerprint density at radius 1 is 1.28 bits per heavy atom. The van der Waals surface area contributed by atoms with Crippen LogP contribution in [0.5, 0.6) is 0 Å². The van der Waals surface area contributed by atoms with Gasteiger partial charge in [0, 0.05) is 6.00 Å². The molecule has 0 aromatic carbocycles. The molecular weight excluding hydrogens is 219 g/mol. The molecule has 1 aliphatic heterocycles. The zero-order chi connectivity index (χ0) is 13.5. The molecule has 1 heterocycles. The van der Waals surface area contributed by atoms with Crippen molar-refractivity contribution in [2.45, 2.75) is 72.3 Å². The van der Waals surface area contributed by atoms with Gasteiger partial charge in [0.2, 0.25) is 0 Å². The highest BCUT2D eigenvalue weighted by Gasteiger charge is 2.58. The van der Waals surface area contributed by atoms with Crippen LogP contribution in [0.15, 0.2) is 0 Å². The lowest BCUT2D eigenvalue weighted by Crippen LogP contribution is -2.46. The van der Waals surface area contributed by atoms with Crippen molar-refractivity contribution in [1.29, 1.82) is 0 Å². The Morgan fingerprint density at radius 2 is 1.94 bits per heavy atom. The normalized spacial score (nSPS) is 43.8. The topological polar surface area (TPSA) is 9.23 Å². The lowest BCUT2D eigenvalue weighted by molar-refractivity contribution is -0.0720. The predicted octanol–water partition coefficient (Wildman–Crippen LogP) is 3.93. The van der Waals surface area contributed by atoms with Crippen LogP contribution in [0.3, 0.4) is 0 Å². The second-order valence-electron chi connectivity index (χ2n) is 7.59. The zero-order valence-corrected chi connectivity index (χ0v) is 13.2. The van der Waals surface area contributed by atoms with Crippen molar-refractivity contribution >= 4 is 7.28 Å². The van der Waals surface area contributed by atoms with Gasteiger partial charge in [-0.1, -0.05) is 41.4 Å². The minimum absolute atomic E-state index is 0.209. The lowest BCUT2D eigenvalue weighted by atomic mass is 9.55. The summed E-state index contributed by atoms with van der Waals surface area (Å²) in [5, 5.41) is 0. The Morgan fingerprint density at radius 3 is 2.44 bits per heavy atom. The van der Waals surface area contributed by atoms with Crippen LogP contribution in [0.2, 0.25) is 6.82 Å². The minimum atomic E-state index is 0.209. The highest BCUT2D eigenvalue weighted by atomic mass is 16.5. The molecule has 2 bridgehead atoms. The SMILES string of the molecule is CBC1OC2(CC(C)C)CCC(C)C1C2C(C)C. The van der Waals surface area contributed by atoms with Gasteiger partial charge in [0.15, 0.2) is 7.28 Å². The summed E-state index contributed by atoms with van der Waals surface area (Å²) in [6.07, 6.45) is 3.93. The molecule has 0 aromatic rings. The monoisotopic (exact) mass is 250 g/mol. The van der Waals surface area contributed by atoms with Gasteiger partial charge >= 0.3 is 0 Å². The molecule has 1 aliphatic carbocycles. The summed E-state index contributed by atoms with van der Waals surface area (Å²) in [6, 6.07) is 0.522. The van der Waals surface area contributed by atoms with E-state index in [9.17, 15) is 0 Å². The molecule has 5 atom stereocenters. The molecular formula is C16H31BO. The minimum Gasteiger partial charge on any atom is -0.380 e. The van der Waals surface area contributed by atoms with Crippen molar-refractivity contribution in [3.8, 4) is 0 Å². The van der Waals surface area contributed by atoms with Crippen molar-refractivity contribution in [1.82, 2.24) is 0 Å². The van der Waals surface area contributed by atoms with E-state index >= 15 is 0 Å². The van der Waals surface area contributed by atoms with Gasteiger partial charge in [-0.15, -0.1) is 0 Å². The summed E-state index contributed by atoms with van der Waals surface area (Å²) >= 11 is 0. The molecule has 5 unspecified atom stereocenters. The first-order valence-corrected chi connectivity index (χ1v) is 8.09. The smallest absolute Gasteiger partial charge is 0.154 e. The summed E-state index contributed by atoms with van der Waals surface area (Å²) in [7, 11) is 1.19. The van der Waals surface area contributed by atoms with E-state index in [0.717, 1.165) is 29.6 Å². The highest BCUT2D eigenvalue weighted by molar-refractivity contribution is 6.35. The Kier molecular flexibility index (Phi) is 4.16. The third kappa shape index (κ3) is 2.26. The van der Waals surface area contributed by atoms with Crippen LogP contribution in [0.25, 0.3) is 0 Å². The summed E-state index contributed by atoms with van der Waals surface area (Å²) in [4.78, 5) is 0. The average molecular weight is 250 g/mol. The maximum Gasteiger partial charge on any atom is 0.154 e. The van der Waals surface area contributed by atoms with E-state index in [1.165, 1.54) is 26.5 Å². The van der Waals surface area contributed by atoms with Gasteiger partial charge in [-0.05, 0) is 48.9 Å². The van der Waals surface area contributed by atoms with Gasteiger partial charge in [-0.3, -0.25) is 0 Å². The molecule has 0 N–H and O–H groups in total. The largest absolute Gasteiger partial charge is 0.380 e. The van der Waals surface area contributed by atoms with Crippen LogP contribution in [0, 0.1) is 29.6 Å². The molecule has 2 fully saturated rings. The van der Waals surface area contributed by atoms with Gasteiger partial charge in [-0.25, -0.2) is 0 Å². The van der Waals surface area contributed by atoms with E-state index in [0.29, 0.717) is 6.00 Å². The molecule has 0 amide bonds. The van der Waals surface area contributed by atoms with Gasteiger partial charge in [0.05, 0.1) is 5.60 Å². The predicted molar refractivity (Wildman–Crippen MR) is 80.3 cm³/mol. The molecule has 104 valence electrons. The summed E-state index contributed by atoms with van der Waals surface area (Å²) in [5.74, 6) is 3.95. The standard InChI is InChI=1S/C16H31BO/c1-10(2)9-16-8-7-12(5)13(14(16)11(3)4)15(17-6)18-16/h10-15,17H,7-9H2,1-6H3. The second kappa shape index (κ2) is 5.19. The number of rotatable bonds is 4. The van der Waals surface area contributed by atoms with Gasteiger partial charge in [0.25, 0.3) is 0 Å². The van der Waals surface area contributed by atoms with E-state index in [2.05, 4.69) is 41.4 Å². The van der Waals surface area contributed by atoms with Crippen molar-refractivity contribution in [3.05, 3.63) is 0 Å². The van der Waals surface area contributed by atoms with E-state index in [4.69, 9.17) is 4.74 Å². The van der Waals surface area contributed by atoms with Crippen LogP contribution in [0.4, 0.5) is 0 Å². The molecule has 1 saturated heterocycles. The quantitative estimate of drug-likeness (QED) is 0.687. The van der Waals surface area contributed by atoms with Crippen LogP contribution >= 0.6 is 0 Å². The summed E-state index contributed by atoms with van der Waals surface area (Å²) in [6.45, 7) is 14.3. The first-order valence-electron chi connectivity index (χ1n) is 8.09. The Labute approximate surface area is 114 Å². The summed E-state index contributed by atoms with van der Waals surface area (Å²) in [5.41, 5.74) is 0.209. The lowest BCUT2D eigenvalue weighted by Gasteiger charge is -2.45. The van der Waals surface area contributed by atoms with E-state index < -0.39 is 0 Å². The third-order valence-corrected chi connectivity index (χ3v) is 5.39. The first kappa shape index (κ1) is 14.4. The third-order valence-electron chi connectivity index (χ3n) is 5.39. The van der Waals surface area contributed by atoms with E-state index in [1.807, 2.05) is 0 Å². The molecule has 1 nitrogen and oxygen atoms in total. The fourth-order valence-electron chi connectivity index (χ4n) is 5.04. The molecule has 2 aliphatic rings. The van der Waals surface area contributed by atoms with Crippen LogP contribution in [-0.2, 0) is 4.74 Å². The first-order chi connectivity index (χ1) is 8.41. The number of fused-ring (bicyclic) bond motifs is 2. The fraction of sp³-hybridized carbons (Fsp3) is 1.00.